The van der Waals surface area contributed by atoms with Crippen molar-refractivity contribution in [3.05, 3.63) is 87.4 Å². The van der Waals surface area contributed by atoms with Gasteiger partial charge in [-0.25, -0.2) is 4.39 Å². The first-order valence-corrected chi connectivity index (χ1v) is 12.3. The maximum Gasteiger partial charge on any atom is 0.248 e. The number of hydrogen-bond donors (Lipinski definition) is 1. The number of hydrogen-bond acceptors (Lipinski definition) is 3. The third-order valence-electron chi connectivity index (χ3n) is 6.18. The molecule has 172 valence electrons. The highest BCUT2D eigenvalue weighted by Gasteiger charge is 2.35. The molecule has 1 N–H and O–H groups in total. The topological polar surface area (TPSA) is 49.4 Å². The van der Waals surface area contributed by atoms with E-state index in [1.807, 2.05) is 49.6 Å². The van der Waals surface area contributed by atoms with Crippen LogP contribution in [0.5, 0.6) is 0 Å². The van der Waals surface area contributed by atoms with Gasteiger partial charge in [-0.1, -0.05) is 48.7 Å². The van der Waals surface area contributed by atoms with Gasteiger partial charge >= 0.3 is 0 Å². The summed E-state index contributed by atoms with van der Waals surface area (Å²) in [5, 5.41) is 5.10. The first-order valence-electron chi connectivity index (χ1n) is 11.4. The number of rotatable bonds is 7. The molecule has 1 unspecified atom stereocenters. The number of halogens is 1. The zero-order valence-electron chi connectivity index (χ0n) is 19.0. The monoisotopic (exact) mass is 464 g/mol. The number of aryl methyl sites for hydroxylation is 2. The Bertz CT molecular complexity index is 1110. The molecule has 6 heteroatoms. The van der Waals surface area contributed by atoms with E-state index in [1.54, 1.807) is 17.0 Å². The molecule has 1 aliphatic carbocycles. The second kappa shape index (κ2) is 10.3. The zero-order chi connectivity index (χ0) is 23.4. The summed E-state index contributed by atoms with van der Waals surface area (Å²) in [6.07, 6.45) is 4.25. The SMILES string of the molecule is Cc1ccc(N(C(=O)Cc2cccs2)C(C(=O)NC2CCCC2)c2ccc(F)cc2)c(C)c1. The molecule has 3 aromatic rings. The van der Waals surface area contributed by atoms with E-state index >= 15 is 0 Å². The van der Waals surface area contributed by atoms with Crippen molar-refractivity contribution in [2.75, 3.05) is 4.90 Å². The van der Waals surface area contributed by atoms with Crippen molar-refractivity contribution < 1.29 is 14.0 Å². The lowest BCUT2D eigenvalue weighted by Gasteiger charge is -2.33. The summed E-state index contributed by atoms with van der Waals surface area (Å²) < 4.78 is 13.7. The van der Waals surface area contributed by atoms with Gasteiger partial charge in [0, 0.05) is 16.6 Å². The Kier molecular flexibility index (Phi) is 7.23. The number of anilines is 1. The van der Waals surface area contributed by atoms with Gasteiger partial charge in [0.15, 0.2) is 0 Å². The fourth-order valence-electron chi connectivity index (χ4n) is 4.55. The van der Waals surface area contributed by atoms with Crippen molar-refractivity contribution >= 4 is 28.8 Å². The minimum absolute atomic E-state index is 0.105. The molecule has 1 aromatic heterocycles. The minimum atomic E-state index is -0.889. The summed E-state index contributed by atoms with van der Waals surface area (Å²) in [6.45, 7) is 3.95. The van der Waals surface area contributed by atoms with Gasteiger partial charge in [0.2, 0.25) is 11.8 Å². The maximum absolute atomic E-state index is 13.8. The molecule has 1 saturated carbocycles. The van der Waals surface area contributed by atoms with E-state index in [0.29, 0.717) is 11.3 Å². The number of benzene rings is 2. The van der Waals surface area contributed by atoms with Crippen molar-refractivity contribution in [3.63, 3.8) is 0 Å². The number of carbonyl (C=O) groups excluding carboxylic acids is 2. The molecule has 0 spiro atoms. The van der Waals surface area contributed by atoms with E-state index in [1.165, 1.54) is 23.5 Å². The Morgan fingerprint density at radius 3 is 2.45 bits per heavy atom. The second-order valence-corrected chi connectivity index (χ2v) is 9.79. The molecule has 1 fully saturated rings. The van der Waals surface area contributed by atoms with Crippen LogP contribution in [0.2, 0.25) is 0 Å². The number of nitrogens with zero attached hydrogens (tertiary/aromatic N) is 1. The molecule has 2 amide bonds. The van der Waals surface area contributed by atoms with Gasteiger partial charge in [-0.15, -0.1) is 11.3 Å². The molecular formula is C27H29FN2O2S. The lowest BCUT2D eigenvalue weighted by atomic mass is 10.00. The van der Waals surface area contributed by atoms with Crippen LogP contribution in [0.25, 0.3) is 0 Å². The van der Waals surface area contributed by atoms with Crippen LogP contribution in [0.15, 0.2) is 60.0 Å². The van der Waals surface area contributed by atoms with Crippen LogP contribution in [0.1, 0.15) is 53.3 Å². The van der Waals surface area contributed by atoms with Gasteiger partial charge in [0.05, 0.1) is 6.42 Å². The minimum Gasteiger partial charge on any atom is -0.351 e. The molecule has 2 aromatic carbocycles. The third kappa shape index (κ3) is 5.50. The number of carbonyl (C=O) groups is 2. The first kappa shape index (κ1) is 23.2. The van der Waals surface area contributed by atoms with Gasteiger partial charge in [-0.3, -0.25) is 14.5 Å². The van der Waals surface area contributed by atoms with E-state index < -0.39 is 6.04 Å². The number of amides is 2. The lowest BCUT2D eigenvalue weighted by Crippen LogP contribution is -2.47. The molecule has 0 aliphatic heterocycles. The van der Waals surface area contributed by atoms with Crippen LogP contribution >= 0.6 is 11.3 Å². The predicted octanol–water partition coefficient (Wildman–Crippen LogP) is 5.88. The van der Waals surface area contributed by atoms with Crippen LogP contribution in [-0.4, -0.2) is 17.9 Å². The van der Waals surface area contributed by atoms with Crippen LogP contribution in [-0.2, 0) is 16.0 Å². The maximum atomic E-state index is 13.8. The summed E-state index contributed by atoms with van der Waals surface area (Å²) in [5.74, 6) is -0.773. The van der Waals surface area contributed by atoms with Crippen molar-refractivity contribution in [2.24, 2.45) is 0 Å². The van der Waals surface area contributed by atoms with Crippen molar-refractivity contribution in [1.29, 1.82) is 0 Å². The largest absolute Gasteiger partial charge is 0.351 e. The highest BCUT2D eigenvalue weighted by Crippen LogP contribution is 2.33. The fourth-order valence-corrected chi connectivity index (χ4v) is 5.25. The van der Waals surface area contributed by atoms with Gasteiger partial charge in [0.1, 0.15) is 11.9 Å². The normalized spacial score (nSPS) is 14.8. The van der Waals surface area contributed by atoms with Crippen molar-refractivity contribution in [2.45, 2.75) is 58.0 Å². The summed E-state index contributed by atoms with van der Waals surface area (Å²) in [5.41, 5.74) is 3.27. The van der Waals surface area contributed by atoms with E-state index in [2.05, 4.69) is 5.32 Å². The Hall–Kier alpha value is -2.99. The smallest absolute Gasteiger partial charge is 0.248 e. The summed E-state index contributed by atoms with van der Waals surface area (Å²) in [6, 6.07) is 14.8. The standard InChI is InChI=1S/C27H29FN2O2S/c1-18-9-14-24(19(2)16-18)30(25(31)17-23-8-5-15-33-23)26(20-10-12-21(28)13-11-20)27(32)29-22-6-3-4-7-22/h5,8-16,22,26H,3-4,6-7,17H2,1-2H3,(H,29,32). The van der Waals surface area contributed by atoms with Crippen LogP contribution in [0, 0.1) is 19.7 Å². The molecule has 0 radical (unpaired) electrons. The van der Waals surface area contributed by atoms with Gasteiger partial charge in [0.25, 0.3) is 0 Å². The van der Waals surface area contributed by atoms with Crippen LogP contribution in [0.4, 0.5) is 10.1 Å². The van der Waals surface area contributed by atoms with Gasteiger partial charge < -0.3 is 5.32 Å². The molecule has 0 saturated heterocycles. The van der Waals surface area contributed by atoms with Crippen LogP contribution < -0.4 is 10.2 Å². The summed E-state index contributed by atoms with van der Waals surface area (Å²) >= 11 is 1.52. The Morgan fingerprint density at radius 2 is 1.82 bits per heavy atom. The zero-order valence-corrected chi connectivity index (χ0v) is 19.8. The number of nitrogens with one attached hydrogen (secondary N) is 1. The molecular weight excluding hydrogens is 435 g/mol. The highest BCUT2D eigenvalue weighted by molar-refractivity contribution is 7.10. The quantitative estimate of drug-likeness (QED) is 0.475. The van der Waals surface area contributed by atoms with Gasteiger partial charge in [-0.2, -0.15) is 0 Å². The predicted molar refractivity (Wildman–Crippen MR) is 131 cm³/mol. The van der Waals surface area contributed by atoms with Gasteiger partial charge in [-0.05, 0) is 67.5 Å². The van der Waals surface area contributed by atoms with E-state index in [4.69, 9.17) is 0 Å². The Balaban J connectivity index is 1.79. The molecule has 4 rings (SSSR count). The molecule has 1 atom stereocenters. The van der Waals surface area contributed by atoms with E-state index in [-0.39, 0.29) is 30.1 Å². The van der Waals surface area contributed by atoms with Crippen LogP contribution in [0.3, 0.4) is 0 Å². The Morgan fingerprint density at radius 1 is 1.09 bits per heavy atom. The molecule has 1 aliphatic rings. The molecule has 33 heavy (non-hydrogen) atoms. The first-order chi connectivity index (χ1) is 15.9. The van der Waals surface area contributed by atoms with Crippen molar-refractivity contribution in [3.8, 4) is 0 Å². The fraction of sp³-hybridized carbons (Fsp3) is 0.333. The summed E-state index contributed by atoms with van der Waals surface area (Å²) in [4.78, 5) is 30.0. The van der Waals surface area contributed by atoms with Crippen molar-refractivity contribution in [1.82, 2.24) is 5.32 Å². The Labute approximate surface area is 198 Å². The third-order valence-corrected chi connectivity index (χ3v) is 7.06. The van der Waals surface area contributed by atoms with E-state index in [0.717, 1.165) is 41.7 Å². The lowest BCUT2D eigenvalue weighted by molar-refractivity contribution is -0.127. The molecule has 4 nitrogen and oxygen atoms in total. The average molecular weight is 465 g/mol. The molecule has 0 bridgehead atoms. The summed E-state index contributed by atoms with van der Waals surface area (Å²) in [7, 11) is 0. The second-order valence-electron chi connectivity index (χ2n) is 8.75. The highest BCUT2D eigenvalue weighted by atomic mass is 32.1. The molecule has 1 heterocycles. The number of thiophene rings is 1. The van der Waals surface area contributed by atoms with E-state index in [9.17, 15) is 14.0 Å². The average Bonchev–Trinajstić information content (AvgIpc) is 3.48.